The molecule has 0 aliphatic heterocycles. The van der Waals surface area contributed by atoms with Gasteiger partial charge in [0.25, 0.3) is 0 Å². The van der Waals surface area contributed by atoms with Crippen molar-refractivity contribution in [1.82, 2.24) is 0 Å². The van der Waals surface area contributed by atoms with Crippen LogP contribution in [-0.2, 0) is 9.53 Å². The third-order valence-corrected chi connectivity index (χ3v) is 5.02. The van der Waals surface area contributed by atoms with Gasteiger partial charge in [-0.3, -0.25) is 4.79 Å². The lowest BCUT2D eigenvalue weighted by molar-refractivity contribution is -0.137. The molecule has 24 heavy (non-hydrogen) atoms. The molecule has 0 bridgehead atoms. The average Bonchev–Trinajstić information content (AvgIpc) is 3.00. The molecular formula is C21H36O3. The standard InChI is InChI=1S/C21H36O3/c1-3-4-5-6-7-8-12-18-13-11-14-19(18)17-20(24-2)15-9-10-16-21(22)23/h8,12,15,18-19H,3-7,9-11,13-14,16-17H2,1-2H3,(H,22,23)/b12-8+,20-15-/t18?,19-/m1/s1. The second kappa shape index (κ2) is 13.1. The predicted molar refractivity (Wildman–Crippen MR) is 99.9 cm³/mol. The summed E-state index contributed by atoms with van der Waals surface area (Å²) in [7, 11) is 1.73. The number of carboxylic acid groups (broad SMARTS) is 1. The number of allylic oxidation sites excluding steroid dienone is 4. The molecule has 0 spiro atoms. The van der Waals surface area contributed by atoms with E-state index in [0.717, 1.165) is 18.6 Å². The molecule has 1 aliphatic rings. The molecule has 2 atom stereocenters. The first-order valence-corrected chi connectivity index (χ1v) is 9.78. The quantitative estimate of drug-likeness (QED) is 0.251. The Morgan fingerprint density at radius 2 is 2.00 bits per heavy atom. The van der Waals surface area contributed by atoms with Crippen LogP contribution < -0.4 is 0 Å². The van der Waals surface area contributed by atoms with Gasteiger partial charge in [-0.15, -0.1) is 0 Å². The molecule has 138 valence electrons. The number of methoxy groups -OCH3 is 1. The van der Waals surface area contributed by atoms with E-state index >= 15 is 0 Å². The summed E-state index contributed by atoms with van der Waals surface area (Å²) >= 11 is 0. The highest BCUT2D eigenvalue weighted by Gasteiger charge is 2.26. The summed E-state index contributed by atoms with van der Waals surface area (Å²) in [5, 5.41) is 8.69. The molecule has 0 saturated heterocycles. The zero-order chi connectivity index (χ0) is 17.6. The fourth-order valence-electron chi connectivity index (χ4n) is 3.56. The summed E-state index contributed by atoms with van der Waals surface area (Å²) in [5.41, 5.74) is 0. The molecule has 0 radical (unpaired) electrons. The highest BCUT2D eigenvalue weighted by Crippen LogP contribution is 2.37. The minimum absolute atomic E-state index is 0.236. The normalized spacial score (nSPS) is 21.5. The monoisotopic (exact) mass is 336 g/mol. The van der Waals surface area contributed by atoms with Crippen LogP contribution in [0.25, 0.3) is 0 Å². The first kappa shape index (κ1) is 20.8. The topological polar surface area (TPSA) is 46.5 Å². The van der Waals surface area contributed by atoms with E-state index in [0.29, 0.717) is 18.3 Å². The Morgan fingerprint density at radius 1 is 1.17 bits per heavy atom. The summed E-state index contributed by atoms with van der Waals surface area (Å²) in [5.74, 6) is 1.69. The van der Waals surface area contributed by atoms with Gasteiger partial charge in [-0.05, 0) is 56.4 Å². The van der Waals surface area contributed by atoms with Gasteiger partial charge >= 0.3 is 5.97 Å². The Kier molecular flexibility index (Phi) is 11.3. The second-order valence-electron chi connectivity index (χ2n) is 7.00. The van der Waals surface area contributed by atoms with Gasteiger partial charge < -0.3 is 9.84 Å². The van der Waals surface area contributed by atoms with Gasteiger partial charge in [-0.2, -0.15) is 0 Å². The molecule has 1 fully saturated rings. The summed E-state index contributed by atoms with van der Waals surface area (Å²) in [6, 6.07) is 0. The van der Waals surface area contributed by atoms with Crippen LogP contribution in [0, 0.1) is 11.8 Å². The van der Waals surface area contributed by atoms with Crippen molar-refractivity contribution in [1.29, 1.82) is 0 Å². The van der Waals surface area contributed by atoms with E-state index in [1.54, 1.807) is 7.11 Å². The molecule has 3 heteroatoms. The Balaban J connectivity index is 2.35. The Bertz CT molecular complexity index is 398. The average molecular weight is 337 g/mol. The zero-order valence-corrected chi connectivity index (χ0v) is 15.6. The third-order valence-electron chi connectivity index (χ3n) is 5.02. The van der Waals surface area contributed by atoms with Gasteiger partial charge in [-0.25, -0.2) is 0 Å². The van der Waals surface area contributed by atoms with Crippen LogP contribution in [0.3, 0.4) is 0 Å². The Morgan fingerprint density at radius 3 is 2.71 bits per heavy atom. The summed E-state index contributed by atoms with van der Waals surface area (Å²) in [6.45, 7) is 2.25. The van der Waals surface area contributed by atoms with Crippen LogP contribution in [0.2, 0.25) is 0 Å². The van der Waals surface area contributed by atoms with Gasteiger partial charge in [0.1, 0.15) is 0 Å². The maximum absolute atomic E-state index is 10.6. The lowest BCUT2D eigenvalue weighted by Crippen LogP contribution is -2.07. The van der Waals surface area contributed by atoms with Crippen LogP contribution >= 0.6 is 0 Å². The van der Waals surface area contributed by atoms with Crippen molar-refractivity contribution < 1.29 is 14.6 Å². The van der Waals surface area contributed by atoms with Crippen molar-refractivity contribution in [3.8, 4) is 0 Å². The number of hydrogen-bond acceptors (Lipinski definition) is 2. The number of unbranched alkanes of at least 4 members (excludes halogenated alkanes) is 5. The fraction of sp³-hybridized carbons (Fsp3) is 0.762. The molecule has 3 nitrogen and oxygen atoms in total. The molecule has 1 saturated carbocycles. The molecule has 1 aliphatic carbocycles. The summed E-state index contributed by atoms with van der Waals surface area (Å²) < 4.78 is 5.53. The van der Waals surface area contributed by atoms with E-state index in [1.807, 2.05) is 0 Å². The lowest BCUT2D eigenvalue weighted by atomic mass is 9.91. The fourth-order valence-corrected chi connectivity index (χ4v) is 3.56. The van der Waals surface area contributed by atoms with Gasteiger partial charge in [-0.1, -0.05) is 44.8 Å². The van der Waals surface area contributed by atoms with E-state index in [9.17, 15) is 4.79 Å². The first-order valence-electron chi connectivity index (χ1n) is 9.78. The number of rotatable bonds is 13. The molecule has 0 aromatic rings. The molecule has 1 N–H and O–H groups in total. The molecule has 1 rings (SSSR count). The van der Waals surface area contributed by atoms with Crippen molar-refractivity contribution in [3.63, 3.8) is 0 Å². The highest BCUT2D eigenvalue weighted by atomic mass is 16.5. The smallest absolute Gasteiger partial charge is 0.303 e. The van der Waals surface area contributed by atoms with Crippen molar-refractivity contribution in [2.75, 3.05) is 7.11 Å². The predicted octanol–water partition coefficient (Wildman–Crippen LogP) is 6.10. The lowest BCUT2D eigenvalue weighted by Gasteiger charge is -2.18. The minimum Gasteiger partial charge on any atom is -0.501 e. The van der Waals surface area contributed by atoms with Crippen molar-refractivity contribution in [2.24, 2.45) is 11.8 Å². The zero-order valence-electron chi connectivity index (χ0n) is 15.6. The first-order chi connectivity index (χ1) is 11.7. The van der Waals surface area contributed by atoms with E-state index in [2.05, 4.69) is 25.2 Å². The number of ether oxygens (including phenoxy) is 1. The van der Waals surface area contributed by atoms with Crippen LogP contribution in [0.15, 0.2) is 24.0 Å². The number of carbonyl (C=O) groups is 1. The van der Waals surface area contributed by atoms with Crippen LogP contribution in [0.1, 0.15) is 84.0 Å². The molecule has 0 amide bonds. The SMILES string of the molecule is CCCCCC/C=C/C1CCC[C@@H]1C/C(=C/CCCC(=O)O)OC. The second-order valence-corrected chi connectivity index (χ2v) is 7.00. The highest BCUT2D eigenvalue weighted by molar-refractivity contribution is 5.66. The van der Waals surface area contributed by atoms with E-state index < -0.39 is 5.97 Å². The number of hydrogen-bond donors (Lipinski definition) is 1. The Labute approximate surface area is 148 Å². The summed E-state index contributed by atoms with van der Waals surface area (Å²) in [4.78, 5) is 10.6. The van der Waals surface area contributed by atoms with Gasteiger partial charge in [0, 0.05) is 12.8 Å². The van der Waals surface area contributed by atoms with Crippen LogP contribution in [0.5, 0.6) is 0 Å². The number of carboxylic acids is 1. The van der Waals surface area contributed by atoms with Crippen molar-refractivity contribution in [3.05, 3.63) is 24.0 Å². The third kappa shape index (κ3) is 9.14. The number of aliphatic carboxylic acids is 1. The molecule has 0 aromatic carbocycles. The largest absolute Gasteiger partial charge is 0.501 e. The van der Waals surface area contributed by atoms with E-state index in [4.69, 9.17) is 9.84 Å². The molecule has 0 heterocycles. The van der Waals surface area contributed by atoms with E-state index in [1.165, 1.54) is 51.4 Å². The van der Waals surface area contributed by atoms with Crippen LogP contribution in [-0.4, -0.2) is 18.2 Å². The van der Waals surface area contributed by atoms with Gasteiger partial charge in [0.2, 0.25) is 0 Å². The summed E-state index contributed by atoms with van der Waals surface area (Å²) in [6.07, 6.45) is 20.1. The van der Waals surface area contributed by atoms with Gasteiger partial charge in [0.05, 0.1) is 12.9 Å². The van der Waals surface area contributed by atoms with Crippen LogP contribution in [0.4, 0.5) is 0 Å². The van der Waals surface area contributed by atoms with Crippen molar-refractivity contribution in [2.45, 2.75) is 84.0 Å². The minimum atomic E-state index is -0.720. The maximum Gasteiger partial charge on any atom is 0.303 e. The molecule has 1 unspecified atom stereocenters. The van der Waals surface area contributed by atoms with Crippen molar-refractivity contribution >= 4 is 5.97 Å². The molecule has 0 aromatic heterocycles. The van der Waals surface area contributed by atoms with E-state index in [-0.39, 0.29) is 6.42 Å². The Hall–Kier alpha value is -1.25. The maximum atomic E-state index is 10.6. The van der Waals surface area contributed by atoms with Gasteiger partial charge in [0.15, 0.2) is 0 Å². The molecular weight excluding hydrogens is 300 g/mol.